The highest BCUT2D eigenvalue weighted by molar-refractivity contribution is 5.85. The first-order valence-electron chi connectivity index (χ1n) is 2.94. The van der Waals surface area contributed by atoms with Gasteiger partial charge in [0.25, 0.3) is 0 Å². The van der Waals surface area contributed by atoms with Gasteiger partial charge in [-0.1, -0.05) is 34.6 Å². The monoisotopic (exact) mass is 153 g/mol. The third-order valence-electron chi connectivity index (χ3n) is 1.73. The molecule has 0 amide bonds. The average Bonchev–Trinajstić information content (AvgIpc) is 1.31. The van der Waals surface area contributed by atoms with Crippen LogP contribution < -0.4 is 6.15 Å². The van der Waals surface area contributed by atoms with Gasteiger partial charge in [-0.05, 0) is 11.3 Å². The molecule has 1 nitrogen and oxygen atoms in total. The smallest absolute Gasteiger partial charge is 0.0360 e. The summed E-state index contributed by atoms with van der Waals surface area (Å²) in [6, 6.07) is 0. The lowest BCUT2D eigenvalue weighted by atomic mass is 9.84. The largest absolute Gasteiger partial charge is 0.344 e. The minimum absolute atomic E-state index is 0. The molecule has 0 radical (unpaired) electrons. The minimum Gasteiger partial charge on any atom is -0.344 e. The van der Waals surface area contributed by atoms with Gasteiger partial charge in [-0.3, -0.25) is 0 Å². The molecule has 0 fully saturated rings. The van der Waals surface area contributed by atoms with Crippen LogP contribution in [0.2, 0.25) is 0 Å². The van der Waals surface area contributed by atoms with E-state index in [0.29, 0.717) is 5.41 Å². The molecule has 0 atom stereocenters. The zero-order valence-electron chi connectivity index (χ0n) is 7.19. The summed E-state index contributed by atoms with van der Waals surface area (Å²) in [5, 5.41) is 0. The van der Waals surface area contributed by atoms with Gasteiger partial charge in [-0.15, -0.1) is 12.4 Å². The summed E-state index contributed by atoms with van der Waals surface area (Å²) < 4.78 is 0. The highest BCUT2D eigenvalue weighted by Crippen LogP contribution is 2.23. The highest BCUT2D eigenvalue weighted by atomic mass is 35.5. The van der Waals surface area contributed by atoms with Crippen LogP contribution in [0.1, 0.15) is 34.6 Å². The molecule has 0 saturated carbocycles. The van der Waals surface area contributed by atoms with Crippen LogP contribution >= 0.6 is 12.4 Å². The second kappa shape index (κ2) is 5.07. The summed E-state index contributed by atoms with van der Waals surface area (Å²) in [6.45, 7) is 11.3. The zero-order chi connectivity index (χ0) is 6.08. The van der Waals surface area contributed by atoms with E-state index in [1.807, 2.05) is 0 Å². The van der Waals surface area contributed by atoms with Crippen molar-refractivity contribution in [1.82, 2.24) is 6.15 Å². The molecule has 9 heavy (non-hydrogen) atoms. The molecule has 0 bridgehead atoms. The van der Waals surface area contributed by atoms with Gasteiger partial charge >= 0.3 is 0 Å². The Balaban J connectivity index is -0.000000180. The van der Waals surface area contributed by atoms with Crippen LogP contribution in [0.15, 0.2) is 0 Å². The molecular formula is C7H20ClN. The van der Waals surface area contributed by atoms with E-state index >= 15 is 0 Å². The van der Waals surface area contributed by atoms with Crippen LogP contribution in [0.25, 0.3) is 0 Å². The Morgan fingerprint density at radius 1 is 1.00 bits per heavy atom. The maximum atomic E-state index is 2.26. The molecule has 60 valence electrons. The lowest BCUT2D eigenvalue weighted by molar-refractivity contribution is 0.283. The van der Waals surface area contributed by atoms with E-state index in [1.54, 1.807) is 0 Å². The lowest BCUT2D eigenvalue weighted by Crippen LogP contribution is -2.12. The van der Waals surface area contributed by atoms with Crippen LogP contribution in [0.5, 0.6) is 0 Å². The first kappa shape index (κ1) is 16.1. The van der Waals surface area contributed by atoms with Gasteiger partial charge in [0, 0.05) is 0 Å². The Hall–Kier alpha value is 0.250. The van der Waals surface area contributed by atoms with E-state index in [4.69, 9.17) is 0 Å². The molecule has 0 unspecified atom stereocenters. The number of halogens is 1. The predicted octanol–water partition coefficient (Wildman–Crippen LogP) is 3.27. The molecular weight excluding hydrogens is 134 g/mol. The summed E-state index contributed by atoms with van der Waals surface area (Å²) in [5.74, 6) is 0.799. The lowest BCUT2D eigenvalue weighted by Gasteiger charge is -2.22. The van der Waals surface area contributed by atoms with E-state index in [2.05, 4.69) is 34.6 Å². The maximum absolute atomic E-state index is 2.26. The summed E-state index contributed by atoms with van der Waals surface area (Å²) in [5.41, 5.74) is 0.500. The zero-order valence-corrected chi connectivity index (χ0v) is 8.01. The molecule has 0 rings (SSSR count). The van der Waals surface area contributed by atoms with Gasteiger partial charge in [0.2, 0.25) is 0 Å². The summed E-state index contributed by atoms with van der Waals surface area (Å²) in [6.07, 6.45) is 0. The van der Waals surface area contributed by atoms with Crippen molar-refractivity contribution in [3.63, 3.8) is 0 Å². The van der Waals surface area contributed by atoms with Crippen LogP contribution in [0, 0.1) is 11.3 Å². The van der Waals surface area contributed by atoms with Gasteiger partial charge in [-0.2, -0.15) is 0 Å². The number of rotatable bonds is 0. The molecule has 0 spiro atoms. The maximum Gasteiger partial charge on any atom is -0.0360 e. The third kappa shape index (κ3) is 8.25. The van der Waals surface area contributed by atoms with Crippen molar-refractivity contribution < 1.29 is 0 Å². The summed E-state index contributed by atoms with van der Waals surface area (Å²) in [4.78, 5) is 0. The van der Waals surface area contributed by atoms with Crippen molar-refractivity contribution >= 4 is 12.4 Å². The van der Waals surface area contributed by atoms with Crippen molar-refractivity contribution in [3.8, 4) is 0 Å². The van der Waals surface area contributed by atoms with Crippen molar-refractivity contribution in [2.45, 2.75) is 34.6 Å². The van der Waals surface area contributed by atoms with Crippen molar-refractivity contribution in [1.29, 1.82) is 0 Å². The Labute approximate surface area is 65.2 Å². The third-order valence-corrected chi connectivity index (χ3v) is 1.73. The standard InChI is InChI=1S/C7H16.ClH.H3N/c1-6(2)7(3,4)5;;/h6H,1-5H3;1H;1H3. The Bertz CT molecular complexity index is 54.4. The molecule has 0 aliphatic heterocycles. The van der Waals surface area contributed by atoms with E-state index in [1.165, 1.54) is 0 Å². The topological polar surface area (TPSA) is 35.0 Å². The second-order valence-corrected chi connectivity index (χ2v) is 3.52. The number of hydrogen-bond acceptors (Lipinski definition) is 1. The van der Waals surface area contributed by atoms with Gasteiger partial charge in [0.1, 0.15) is 0 Å². The molecule has 0 aliphatic carbocycles. The second-order valence-electron chi connectivity index (χ2n) is 3.52. The molecule has 0 saturated heterocycles. The first-order valence-corrected chi connectivity index (χ1v) is 2.94. The van der Waals surface area contributed by atoms with Gasteiger partial charge in [-0.25, -0.2) is 0 Å². The normalized spacial score (nSPS) is 10.0. The Morgan fingerprint density at radius 2 is 1.11 bits per heavy atom. The summed E-state index contributed by atoms with van der Waals surface area (Å²) >= 11 is 0. The number of hydrogen-bond donors (Lipinski definition) is 1. The fourth-order valence-corrected chi connectivity index (χ4v) is 0. The van der Waals surface area contributed by atoms with Crippen LogP contribution in [-0.4, -0.2) is 0 Å². The SMILES string of the molecule is CC(C)C(C)(C)C.Cl.N. The van der Waals surface area contributed by atoms with Crippen molar-refractivity contribution in [2.24, 2.45) is 11.3 Å². The fraction of sp³-hybridized carbons (Fsp3) is 1.00. The molecule has 0 heterocycles. The summed E-state index contributed by atoms with van der Waals surface area (Å²) in [7, 11) is 0. The van der Waals surface area contributed by atoms with E-state index in [0.717, 1.165) is 5.92 Å². The quantitative estimate of drug-likeness (QED) is 0.570. The highest BCUT2D eigenvalue weighted by Gasteiger charge is 2.13. The van der Waals surface area contributed by atoms with Crippen LogP contribution in [-0.2, 0) is 0 Å². The molecule has 0 aromatic rings. The Kier molecular flexibility index (Phi) is 9.08. The van der Waals surface area contributed by atoms with Crippen molar-refractivity contribution in [3.05, 3.63) is 0 Å². The van der Waals surface area contributed by atoms with E-state index in [-0.39, 0.29) is 18.6 Å². The van der Waals surface area contributed by atoms with Crippen LogP contribution in [0.4, 0.5) is 0 Å². The van der Waals surface area contributed by atoms with E-state index < -0.39 is 0 Å². The first-order chi connectivity index (χ1) is 2.94. The van der Waals surface area contributed by atoms with E-state index in [9.17, 15) is 0 Å². The van der Waals surface area contributed by atoms with Gasteiger partial charge < -0.3 is 6.15 Å². The Morgan fingerprint density at radius 3 is 1.11 bits per heavy atom. The average molecular weight is 154 g/mol. The van der Waals surface area contributed by atoms with Gasteiger partial charge in [0.05, 0.1) is 0 Å². The molecule has 0 aromatic carbocycles. The minimum atomic E-state index is 0. The van der Waals surface area contributed by atoms with Crippen LogP contribution in [0.3, 0.4) is 0 Å². The molecule has 0 aromatic heterocycles. The predicted molar refractivity (Wildman–Crippen MR) is 46.6 cm³/mol. The molecule has 3 N–H and O–H groups in total. The van der Waals surface area contributed by atoms with Crippen molar-refractivity contribution in [2.75, 3.05) is 0 Å². The molecule has 2 heteroatoms. The fourth-order valence-electron chi connectivity index (χ4n) is 0. The van der Waals surface area contributed by atoms with Gasteiger partial charge in [0.15, 0.2) is 0 Å². The molecule has 0 aliphatic rings.